The van der Waals surface area contributed by atoms with Crippen LogP contribution in [0.5, 0.6) is 0 Å². The maximum Gasteiger partial charge on any atom is 0.229 e. The lowest BCUT2D eigenvalue weighted by Gasteiger charge is -2.32. The van der Waals surface area contributed by atoms with E-state index in [2.05, 4.69) is 39.0 Å². The van der Waals surface area contributed by atoms with Gasteiger partial charge in [0.1, 0.15) is 17.0 Å². The first-order valence-corrected chi connectivity index (χ1v) is 11.8. The molecule has 0 atom stereocenters. The van der Waals surface area contributed by atoms with Gasteiger partial charge in [0.25, 0.3) is 0 Å². The monoisotopic (exact) mass is 437 g/mol. The molecule has 0 spiro atoms. The highest BCUT2D eigenvalue weighted by Gasteiger charge is 2.28. The van der Waals surface area contributed by atoms with Crippen LogP contribution in [0.4, 0.5) is 10.9 Å². The molecule has 6 nitrogen and oxygen atoms in total. The second-order valence-corrected chi connectivity index (χ2v) is 10.1. The van der Waals surface area contributed by atoms with Crippen molar-refractivity contribution in [2.75, 3.05) is 23.3 Å². The number of amides is 1. The molecule has 4 heterocycles. The van der Waals surface area contributed by atoms with Crippen LogP contribution in [-0.4, -0.2) is 33.9 Å². The third-order valence-electron chi connectivity index (χ3n) is 5.96. The van der Waals surface area contributed by atoms with E-state index in [1.54, 1.807) is 17.7 Å². The largest absolute Gasteiger partial charge is 0.356 e. The van der Waals surface area contributed by atoms with Gasteiger partial charge in [0.15, 0.2) is 5.13 Å². The van der Waals surface area contributed by atoms with Crippen molar-refractivity contribution in [2.24, 2.45) is 5.92 Å². The van der Waals surface area contributed by atoms with Gasteiger partial charge in [0, 0.05) is 23.9 Å². The van der Waals surface area contributed by atoms with Crippen LogP contribution in [0.3, 0.4) is 0 Å². The number of thiophene rings is 1. The lowest BCUT2D eigenvalue weighted by Crippen LogP contribution is -2.38. The van der Waals surface area contributed by atoms with Gasteiger partial charge in [-0.05, 0) is 50.8 Å². The highest BCUT2D eigenvalue weighted by atomic mass is 32.1. The predicted octanol–water partition coefficient (Wildman–Crippen LogP) is 5.08. The number of fused-ring (bicyclic) bond motifs is 2. The van der Waals surface area contributed by atoms with Crippen LogP contribution in [0.1, 0.15) is 28.8 Å². The van der Waals surface area contributed by atoms with E-state index in [4.69, 9.17) is 0 Å². The number of rotatable bonds is 3. The summed E-state index contributed by atoms with van der Waals surface area (Å²) in [5.74, 6) is 1.07. The Hall–Kier alpha value is -2.58. The molecule has 4 aromatic rings. The zero-order valence-corrected chi connectivity index (χ0v) is 18.9. The molecule has 1 aliphatic rings. The number of nitrogens with zero attached hydrogens (tertiary/aromatic N) is 4. The maximum absolute atomic E-state index is 12.9. The van der Waals surface area contributed by atoms with Crippen molar-refractivity contribution in [3.05, 3.63) is 40.5 Å². The molecule has 0 bridgehead atoms. The van der Waals surface area contributed by atoms with Crippen molar-refractivity contribution in [1.29, 1.82) is 0 Å². The minimum absolute atomic E-state index is 0.00278. The number of piperidine rings is 1. The summed E-state index contributed by atoms with van der Waals surface area (Å²) in [6.07, 6.45) is 3.27. The number of aromatic nitrogens is 3. The number of benzene rings is 1. The highest BCUT2D eigenvalue weighted by molar-refractivity contribution is 7.22. The van der Waals surface area contributed by atoms with Gasteiger partial charge in [0.2, 0.25) is 5.91 Å². The number of carbonyl (C=O) groups excluding carboxylic acids is 1. The van der Waals surface area contributed by atoms with Crippen LogP contribution in [0.25, 0.3) is 20.4 Å². The van der Waals surface area contributed by atoms with Crippen molar-refractivity contribution in [1.82, 2.24) is 15.0 Å². The predicted molar refractivity (Wildman–Crippen MR) is 125 cm³/mol. The van der Waals surface area contributed by atoms with Crippen LogP contribution < -0.4 is 10.2 Å². The summed E-state index contributed by atoms with van der Waals surface area (Å²) in [7, 11) is 0. The lowest BCUT2D eigenvalue weighted by atomic mass is 9.96. The van der Waals surface area contributed by atoms with E-state index in [9.17, 15) is 4.79 Å². The second-order valence-electron chi connectivity index (χ2n) is 7.85. The van der Waals surface area contributed by atoms with Gasteiger partial charge < -0.3 is 10.2 Å². The second kappa shape index (κ2) is 7.59. The van der Waals surface area contributed by atoms with E-state index in [0.717, 1.165) is 57.7 Å². The molecule has 0 aliphatic carbocycles. The zero-order valence-electron chi connectivity index (χ0n) is 17.2. The van der Waals surface area contributed by atoms with Gasteiger partial charge in [-0.2, -0.15) is 0 Å². The van der Waals surface area contributed by atoms with Crippen LogP contribution in [-0.2, 0) is 4.79 Å². The van der Waals surface area contributed by atoms with Crippen molar-refractivity contribution in [2.45, 2.75) is 33.6 Å². The molecule has 0 radical (unpaired) electrons. The average Bonchev–Trinajstić information content (AvgIpc) is 3.29. The molecule has 1 N–H and O–H groups in total. The topological polar surface area (TPSA) is 71.0 Å². The smallest absolute Gasteiger partial charge is 0.229 e. The molecule has 1 aromatic carbocycles. The fraction of sp³-hybridized carbons (Fsp3) is 0.364. The molecular weight excluding hydrogens is 414 g/mol. The Kier molecular flexibility index (Phi) is 4.91. The fourth-order valence-corrected chi connectivity index (χ4v) is 6.04. The summed E-state index contributed by atoms with van der Waals surface area (Å²) >= 11 is 3.26. The van der Waals surface area contributed by atoms with Crippen LogP contribution >= 0.6 is 22.7 Å². The zero-order chi connectivity index (χ0) is 20.8. The number of carbonyl (C=O) groups is 1. The number of aryl methyl sites for hydroxylation is 3. The summed E-state index contributed by atoms with van der Waals surface area (Å²) in [5, 5.41) is 4.90. The SMILES string of the molecule is Cc1sc2ncnc(N3CCC(C(=O)Nc4nc5c(C)cccc5s4)CC3)c2c1C. The Balaban J connectivity index is 1.29. The molecule has 154 valence electrons. The minimum atomic E-state index is -0.00278. The lowest BCUT2D eigenvalue weighted by molar-refractivity contribution is -0.120. The van der Waals surface area contributed by atoms with Crippen LogP contribution in [0, 0.1) is 26.7 Å². The van der Waals surface area contributed by atoms with Gasteiger partial charge in [0.05, 0.1) is 15.6 Å². The Morgan fingerprint density at radius 2 is 1.93 bits per heavy atom. The number of hydrogen-bond donors (Lipinski definition) is 1. The normalized spacial score (nSPS) is 15.2. The van der Waals surface area contributed by atoms with Gasteiger partial charge in [-0.15, -0.1) is 11.3 Å². The first-order chi connectivity index (χ1) is 14.5. The Bertz CT molecular complexity index is 1250. The quantitative estimate of drug-likeness (QED) is 0.484. The molecule has 0 unspecified atom stereocenters. The number of para-hydroxylation sites is 1. The van der Waals surface area contributed by atoms with E-state index in [-0.39, 0.29) is 11.8 Å². The number of nitrogens with one attached hydrogen (secondary N) is 1. The molecule has 1 saturated heterocycles. The Morgan fingerprint density at radius 3 is 2.70 bits per heavy atom. The van der Waals surface area contributed by atoms with Crippen molar-refractivity contribution < 1.29 is 4.79 Å². The Morgan fingerprint density at radius 1 is 1.13 bits per heavy atom. The molecule has 3 aromatic heterocycles. The van der Waals surface area contributed by atoms with E-state index < -0.39 is 0 Å². The van der Waals surface area contributed by atoms with Gasteiger partial charge in [-0.25, -0.2) is 15.0 Å². The molecule has 8 heteroatoms. The minimum Gasteiger partial charge on any atom is -0.356 e. The number of hydrogen-bond acceptors (Lipinski definition) is 7. The van der Waals surface area contributed by atoms with Crippen molar-refractivity contribution in [3.63, 3.8) is 0 Å². The molecular formula is C22H23N5OS2. The molecule has 1 fully saturated rings. The van der Waals surface area contributed by atoms with E-state index in [1.165, 1.54) is 21.8 Å². The van der Waals surface area contributed by atoms with Crippen molar-refractivity contribution in [3.8, 4) is 0 Å². The van der Waals surface area contributed by atoms with E-state index >= 15 is 0 Å². The summed E-state index contributed by atoms with van der Waals surface area (Å²) < 4.78 is 1.11. The maximum atomic E-state index is 12.9. The van der Waals surface area contributed by atoms with Gasteiger partial charge >= 0.3 is 0 Å². The molecule has 0 saturated carbocycles. The van der Waals surface area contributed by atoms with Gasteiger partial charge in [-0.1, -0.05) is 23.5 Å². The fourth-order valence-electron chi connectivity index (χ4n) is 4.10. The standard InChI is InChI=1S/C22H23N5OS2/c1-12-5-4-6-16-18(12)25-22(30-16)26-20(28)15-7-9-27(10-8-15)19-17-13(2)14(3)29-21(17)24-11-23-19/h4-6,11,15H,7-10H2,1-3H3,(H,25,26,28). The first kappa shape index (κ1) is 19.4. The summed E-state index contributed by atoms with van der Waals surface area (Å²) in [6, 6.07) is 6.12. The number of thiazole rings is 1. The number of anilines is 2. The summed E-state index contributed by atoms with van der Waals surface area (Å²) in [4.78, 5) is 31.1. The Labute approximate surface area is 183 Å². The van der Waals surface area contributed by atoms with Gasteiger partial charge in [-0.3, -0.25) is 4.79 Å². The molecule has 1 aliphatic heterocycles. The molecule has 1 amide bonds. The third-order valence-corrected chi connectivity index (χ3v) is 8.01. The molecule has 5 rings (SSSR count). The highest BCUT2D eigenvalue weighted by Crippen LogP contribution is 2.36. The van der Waals surface area contributed by atoms with Crippen LogP contribution in [0.15, 0.2) is 24.5 Å². The summed E-state index contributed by atoms with van der Waals surface area (Å²) in [5.41, 5.74) is 3.37. The van der Waals surface area contributed by atoms with Crippen LogP contribution in [0.2, 0.25) is 0 Å². The average molecular weight is 438 g/mol. The van der Waals surface area contributed by atoms with Crippen molar-refractivity contribution >= 4 is 60.0 Å². The first-order valence-electron chi connectivity index (χ1n) is 10.1. The van der Waals surface area contributed by atoms with E-state index in [1.807, 2.05) is 25.1 Å². The third kappa shape index (κ3) is 3.33. The van der Waals surface area contributed by atoms with E-state index in [0.29, 0.717) is 5.13 Å². The summed E-state index contributed by atoms with van der Waals surface area (Å²) in [6.45, 7) is 7.95. The molecule has 30 heavy (non-hydrogen) atoms.